The van der Waals surface area contributed by atoms with Crippen molar-refractivity contribution in [1.82, 2.24) is 21.0 Å². The highest BCUT2D eigenvalue weighted by molar-refractivity contribution is 9.11. The molecule has 0 aliphatic heterocycles. The largest absolute Gasteiger partial charge is 0.339 e. The van der Waals surface area contributed by atoms with Crippen LogP contribution in [-0.2, 0) is 16.6 Å². The summed E-state index contributed by atoms with van der Waals surface area (Å²) in [7, 11) is 0. The second kappa shape index (κ2) is 7.22. The quantitative estimate of drug-likeness (QED) is 0.768. The Morgan fingerprint density at radius 2 is 2.04 bits per heavy atom. The summed E-state index contributed by atoms with van der Waals surface area (Å²) in [5.41, 5.74) is 4.52. The van der Waals surface area contributed by atoms with Gasteiger partial charge in [0.05, 0.1) is 8.66 Å². The number of hydrogen-bond acceptors (Lipinski definition) is 6. The lowest BCUT2D eigenvalue weighted by molar-refractivity contribution is -0.121. The minimum Gasteiger partial charge on any atom is -0.339 e. The Balaban J connectivity index is 1.77. The summed E-state index contributed by atoms with van der Waals surface area (Å²) >= 11 is 4.56. The van der Waals surface area contributed by atoms with Crippen molar-refractivity contribution >= 4 is 39.1 Å². The van der Waals surface area contributed by atoms with E-state index in [0.717, 1.165) is 3.79 Å². The smallest absolute Gasteiger partial charge is 0.279 e. The fraction of sp³-hybridized carbons (Fsp3) is 0.429. The number of hydrazine groups is 1. The fourth-order valence-electron chi connectivity index (χ4n) is 1.57. The average molecular weight is 401 g/mol. The molecule has 0 spiro atoms. The Labute approximate surface area is 145 Å². The zero-order valence-corrected chi connectivity index (χ0v) is 15.4. The van der Waals surface area contributed by atoms with Gasteiger partial charge in [0.1, 0.15) is 0 Å². The van der Waals surface area contributed by atoms with E-state index in [1.165, 1.54) is 11.3 Å². The van der Waals surface area contributed by atoms with E-state index >= 15 is 0 Å². The number of aromatic nitrogens is 2. The number of amides is 2. The monoisotopic (exact) mass is 400 g/mol. The van der Waals surface area contributed by atoms with Gasteiger partial charge in [-0.2, -0.15) is 4.98 Å². The van der Waals surface area contributed by atoms with Crippen molar-refractivity contribution in [2.75, 3.05) is 0 Å². The van der Waals surface area contributed by atoms with Crippen LogP contribution in [0.2, 0.25) is 0 Å². The van der Waals surface area contributed by atoms with Crippen LogP contribution >= 0.6 is 27.3 Å². The first-order valence-corrected chi connectivity index (χ1v) is 8.54. The molecule has 0 aliphatic rings. The summed E-state index contributed by atoms with van der Waals surface area (Å²) < 4.78 is 5.95. The summed E-state index contributed by atoms with van der Waals surface area (Å²) in [4.78, 5) is 28.3. The van der Waals surface area contributed by atoms with E-state index in [2.05, 4.69) is 36.9 Å². The van der Waals surface area contributed by atoms with Crippen LogP contribution in [0.25, 0.3) is 0 Å². The molecule has 0 unspecified atom stereocenters. The fourth-order valence-corrected chi connectivity index (χ4v) is 2.85. The molecule has 2 aromatic rings. The van der Waals surface area contributed by atoms with Crippen molar-refractivity contribution in [3.05, 3.63) is 32.5 Å². The predicted molar refractivity (Wildman–Crippen MR) is 88.9 cm³/mol. The lowest BCUT2D eigenvalue weighted by atomic mass is 9.96. The summed E-state index contributed by atoms with van der Waals surface area (Å²) in [5.74, 6) is 0.314. The number of hydrogen-bond donors (Lipinski definition) is 2. The van der Waals surface area contributed by atoms with Gasteiger partial charge in [0.25, 0.3) is 5.91 Å². The molecule has 0 radical (unpaired) electrons. The average Bonchev–Trinajstić information content (AvgIpc) is 3.10. The van der Waals surface area contributed by atoms with Crippen LogP contribution in [0.1, 0.15) is 48.6 Å². The number of nitrogens with one attached hydrogen (secondary N) is 2. The number of aryl methyl sites for hydroxylation is 1. The van der Waals surface area contributed by atoms with Gasteiger partial charge >= 0.3 is 0 Å². The highest BCUT2D eigenvalue weighted by atomic mass is 79.9. The molecule has 0 aliphatic carbocycles. The Bertz CT molecular complexity index is 705. The van der Waals surface area contributed by atoms with E-state index in [1.807, 2.05) is 20.8 Å². The maximum atomic E-state index is 11.8. The van der Waals surface area contributed by atoms with Crippen molar-refractivity contribution in [2.45, 2.75) is 39.0 Å². The molecule has 0 bridgehead atoms. The van der Waals surface area contributed by atoms with Crippen molar-refractivity contribution in [2.24, 2.45) is 0 Å². The third-order valence-corrected chi connectivity index (χ3v) is 4.44. The molecule has 2 amide bonds. The van der Waals surface area contributed by atoms with Gasteiger partial charge in [-0.05, 0) is 28.1 Å². The molecule has 2 heterocycles. The Morgan fingerprint density at radius 1 is 1.30 bits per heavy atom. The molecular weight excluding hydrogens is 384 g/mol. The lowest BCUT2D eigenvalue weighted by Crippen LogP contribution is -2.41. The Morgan fingerprint density at radius 3 is 2.61 bits per heavy atom. The first-order chi connectivity index (χ1) is 10.8. The molecule has 23 heavy (non-hydrogen) atoms. The first kappa shape index (κ1) is 17.6. The van der Waals surface area contributed by atoms with Gasteiger partial charge < -0.3 is 4.52 Å². The van der Waals surface area contributed by atoms with Crippen LogP contribution in [0.3, 0.4) is 0 Å². The van der Waals surface area contributed by atoms with Gasteiger partial charge in [-0.25, -0.2) is 0 Å². The van der Waals surface area contributed by atoms with Crippen LogP contribution in [-0.4, -0.2) is 22.0 Å². The van der Waals surface area contributed by atoms with Crippen LogP contribution in [0.5, 0.6) is 0 Å². The molecule has 2 N–H and O–H groups in total. The van der Waals surface area contributed by atoms with Gasteiger partial charge in [-0.3, -0.25) is 20.4 Å². The zero-order chi connectivity index (χ0) is 17.0. The van der Waals surface area contributed by atoms with E-state index in [1.54, 1.807) is 12.1 Å². The summed E-state index contributed by atoms with van der Waals surface area (Å²) in [6.07, 6.45) is 0.454. The number of thiophene rings is 1. The van der Waals surface area contributed by atoms with E-state index in [0.29, 0.717) is 23.0 Å². The van der Waals surface area contributed by atoms with Crippen molar-refractivity contribution < 1.29 is 14.1 Å². The molecule has 0 atom stereocenters. The highest BCUT2D eigenvalue weighted by Crippen LogP contribution is 2.21. The Hall–Kier alpha value is -1.74. The van der Waals surface area contributed by atoms with Crippen molar-refractivity contribution in [3.63, 3.8) is 0 Å². The van der Waals surface area contributed by atoms with E-state index < -0.39 is 0 Å². The molecule has 2 aromatic heterocycles. The van der Waals surface area contributed by atoms with E-state index in [-0.39, 0.29) is 23.7 Å². The number of nitrogens with zero attached hydrogens (tertiary/aromatic N) is 2. The van der Waals surface area contributed by atoms with Crippen LogP contribution in [0, 0.1) is 0 Å². The molecule has 2 rings (SSSR count). The second-order valence-corrected chi connectivity index (χ2v) is 8.33. The SMILES string of the molecule is CC(C)(C)c1noc(CCC(=O)NNC(=O)c2ccc(Br)s2)n1. The molecule has 0 saturated carbocycles. The second-order valence-electron chi connectivity index (χ2n) is 5.87. The number of carbonyl (C=O) groups excluding carboxylic acids is 2. The minimum atomic E-state index is -0.359. The lowest BCUT2D eigenvalue weighted by Gasteiger charge is -2.10. The number of halogens is 1. The molecule has 0 saturated heterocycles. The van der Waals surface area contributed by atoms with E-state index in [9.17, 15) is 9.59 Å². The normalized spacial score (nSPS) is 11.3. The van der Waals surface area contributed by atoms with Gasteiger partial charge in [0, 0.05) is 18.3 Å². The molecule has 0 fully saturated rings. The Kier molecular flexibility index (Phi) is 5.53. The maximum Gasteiger partial charge on any atom is 0.279 e. The highest BCUT2D eigenvalue weighted by Gasteiger charge is 2.21. The zero-order valence-electron chi connectivity index (χ0n) is 13.0. The van der Waals surface area contributed by atoms with Crippen LogP contribution < -0.4 is 10.9 Å². The summed E-state index contributed by atoms with van der Waals surface area (Å²) in [6, 6.07) is 3.44. The van der Waals surface area contributed by atoms with Gasteiger partial charge in [-0.1, -0.05) is 25.9 Å². The standard InChI is InChI=1S/C14H17BrN4O3S/c1-14(2,3)13-16-11(22-19-13)7-6-10(20)17-18-12(21)8-4-5-9(15)23-8/h4-5H,6-7H2,1-3H3,(H,17,20)(H,18,21). The maximum absolute atomic E-state index is 11.8. The van der Waals surface area contributed by atoms with E-state index in [4.69, 9.17) is 4.52 Å². The third-order valence-electron chi connectivity index (χ3n) is 2.82. The number of rotatable bonds is 4. The van der Waals surface area contributed by atoms with Gasteiger partial charge in [-0.15, -0.1) is 11.3 Å². The number of carbonyl (C=O) groups is 2. The first-order valence-electron chi connectivity index (χ1n) is 6.93. The topological polar surface area (TPSA) is 97.1 Å². The van der Waals surface area contributed by atoms with Crippen molar-refractivity contribution in [3.8, 4) is 0 Å². The molecule has 9 heteroatoms. The van der Waals surface area contributed by atoms with Crippen LogP contribution in [0.15, 0.2) is 20.4 Å². The molecular formula is C14H17BrN4O3S. The minimum absolute atomic E-state index is 0.139. The van der Waals surface area contributed by atoms with Gasteiger partial charge in [0.2, 0.25) is 11.8 Å². The van der Waals surface area contributed by atoms with Crippen molar-refractivity contribution in [1.29, 1.82) is 0 Å². The molecule has 0 aromatic carbocycles. The summed E-state index contributed by atoms with van der Waals surface area (Å²) in [6.45, 7) is 5.94. The van der Waals surface area contributed by atoms with Gasteiger partial charge in [0.15, 0.2) is 5.82 Å². The molecule has 124 valence electrons. The molecule has 7 nitrogen and oxygen atoms in total. The summed E-state index contributed by atoms with van der Waals surface area (Å²) in [5, 5.41) is 3.89. The van der Waals surface area contributed by atoms with Crippen LogP contribution in [0.4, 0.5) is 0 Å². The third kappa shape index (κ3) is 5.14. The predicted octanol–water partition coefficient (Wildman–Crippen LogP) is 2.58.